The van der Waals surface area contributed by atoms with Crippen molar-refractivity contribution in [3.05, 3.63) is 54.5 Å². The standard InChI is InChI=1S/C20H25N7/c1-13-10-16(25-24-13)19-17(14-6-4-3-5-7-14)22-12-27(19)18(15-8-9-15)20-21-11-23-26(20)2/h3-7,11-13,15-16,18,24-25H,8-10H2,1-2H3. The SMILES string of the molecule is CC1CC(c2c(-c3ccccc3)ncn2C(c2ncnn2C)C2CC2)NN1. The minimum atomic E-state index is 0.176. The lowest BCUT2D eigenvalue weighted by Crippen LogP contribution is -2.30. The molecule has 3 heterocycles. The zero-order valence-corrected chi connectivity index (χ0v) is 15.7. The zero-order chi connectivity index (χ0) is 18.4. The average molecular weight is 363 g/mol. The maximum absolute atomic E-state index is 4.86. The molecule has 7 heteroatoms. The van der Waals surface area contributed by atoms with Crippen LogP contribution in [0.4, 0.5) is 0 Å². The number of hydrogen-bond acceptors (Lipinski definition) is 5. The van der Waals surface area contributed by atoms with Gasteiger partial charge in [-0.3, -0.25) is 10.1 Å². The molecule has 3 aromatic rings. The molecular weight excluding hydrogens is 338 g/mol. The summed E-state index contributed by atoms with van der Waals surface area (Å²) < 4.78 is 4.25. The second kappa shape index (κ2) is 6.58. The van der Waals surface area contributed by atoms with Crippen LogP contribution in [0.15, 0.2) is 43.0 Å². The Labute approximate surface area is 158 Å². The number of imidazole rings is 1. The van der Waals surface area contributed by atoms with Gasteiger partial charge in [-0.2, -0.15) is 5.10 Å². The Morgan fingerprint density at radius 3 is 2.56 bits per heavy atom. The maximum Gasteiger partial charge on any atom is 0.149 e. The summed E-state index contributed by atoms with van der Waals surface area (Å²) in [5.41, 5.74) is 10.3. The second-order valence-corrected chi connectivity index (χ2v) is 7.75. The van der Waals surface area contributed by atoms with E-state index in [1.54, 1.807) is 6.33 Å². The molecule has 3 unspecified atom stereocenters. The largest absolute Gasteiger partial charge is 0.321 e. The molecule has 27 heavy (non-hydrogen) atoms. The van der Waals surface area contributed by atoms with Gasteiger partial charge in [0.1, 0.15) is 12.2 Å². The van der Waals surface area contributed by atoms with Gasteiger partial charge < -0.3 is 4.57 Å². The summed E-state index contributed by atoms with van der Waals surface area (Å²) in [5, 5.41) is 4.32. The summed E-state index contributed by atoms with van der Waals surface area (Å²) in [7, 11) is 1.98. The first-order valence-electron chi connectivity index (χ1n) is 9.69. The number of aryl methyl sites for hydroxylation is 1. The van der Waals surface area contributed by atoms with Gasteiger partial charge in [0.2, 0.25) is 0 Å². The summed E-state index contributed by atoms with van der Waals surface area (Å²) in [4.78, 5) is 9.45. The Hall–Kier alpha value is -2.51. The molecule has 5 rings (SSSR count). The third-order valence-electron chi connectivity index (χ3n) is 5.68. The molecule has 2 aromatic heterocycles. The highest BCUT2D eigenvalue weighted by molar-refractivity contribution is 5.62. The second-order valence-electron chi connectivity index (χ2n) is 7.75. The molecule has 2 N–H and O–H groups in total. The van der Waals surface area contributed by atoms with Crippen LogP contribution >= 0.6 is 0 Å². The normalized spacial score (nSPS) is 23.6. The molecule has 1 aliphatic heterocycles. The molecule has 140 valence electrons. The monoisotopic (exact) mass is 363 g/mol. The molecule has 0 radical (unpaired) electrons. The van der Waals surface area contributed by atoms with Gasteiger partial charge in [-0.25, -0.2) is 15.4 Å². The van der Waals surface area contributed by atoms with Crippen molar-refractivity contribution in [2.24, 2.45) is 13.0 Å². The van der Waals surface area contributed by atoms with Crippen molar-refractivity contribution >= 4 is 0 Å². The predicted molar refractivity (Wildman–Crippen MR) is 103 cm³/mol. The van der Waals surface area contributed by atoms with Crippen LogP contribution in [0, 0.1) is 5.92 Å². The van der Waals surface area contributed by atoms with Crippen LogP contribution in [0.2, 0.25) is 0 Å². The van der Waals surface area contributed by atoms with Crippen LogP contribution in [0.5, 0.6) is 0 Å². The predicted octanol–water partition coefficient (Wildman–Crippen LogP) is 2.61. The molecule has 0 spiro atoms. The number of nitrogens with zero attached hydrogens (tertiary/aromatic N) is 5. The maximum atomic E-state index is 4.86. The molecule has 2 aliphatic rings. The van der Waals surface area contributed by atoms with E-state index in [1.165, 1.54) is 18.5 Å². The molecule has 1 aromatic carbocycles. The number of rotatable bonds is 5. The highest BCUT2D eigenvalue weighted by atomic mass is 15.4. The van der Waals surface area contributed by atoms with E-state index in [2.05, 4.69) is 56.7 Å². The molecule has 0 bridgehead atoms. The Kier molecular flexibility index (Phi) is 4.06. The summed E-state index contributed by atoms with van der Waals surface area (Å²) in [6.45, 7) is 2.21. The summed E-state index contributed by atoms with van der Waals surface area (Å²) in [6, 6.07) is 11.3. The van der Waals surface area contributed by atoms with E-state index >= 15 is 0 Å². The quantitative estimate of drug-likeness (QED) is 0.729. The van der Waals surface area contributed by atoms with E-state index in [1.807, 2.05) is 24.1 Å². The van der Waals surface area contributed by atoms with Crippen molar-refractivity contribution in [2.75, 3.05) is 0 Å². The van der Waals surface area contributed by atoms with E-state index < -0.39 is 0 Å². The fourth-order valence-electron chi connectivity index (χ4n) is 4.20. The molecule has 7 nitrogen and oxygen atoms in total. The summed E-state index contributed by atoms with van der Waals surface area (Å²) in [6.07, 6.45) is 7.13. The van der Waals surface area contributed by atoms with Gasteiger partial charge in [0.05, 0.1) is 29.8 Å². The Morgan fingerprint density at radius 1 is 1.11 bits per heavy atom. The van der Waals surface area contributed by atoms with Crippen LogP contribution in [0.1, 0.15) is 49.8 Å². The van der Waals surface area contributed by atoms with E-state index in [0.29, 0.717) is 12.0 Å². The van der Waals surface area contributed by atoms with E-state index in [0.717, 1.165) is 23.5 Å². The van der Waals surface area contributed by atoms with Gasteiger partial charge in [0.25, 0.3) is 0 Å². The lowest BCUT2D eigenvalue weighted by molar-refractivity contribution is 0.434. The van der Waals surface area contributed by atoms with Gasteiger partial charge in [-0.15, -0.1) is 0 Å². The minimum absolute atomic E-state index is 0.176. The summed E-state index contributed by atoms with van der Waals surface area (Å²) >= 11 is 0. The van der Waals surface area contributed by atoms with Crippen LogP contribution in [-0.2, 0) is 7.05 Å². The molecule has 0 amide bonds. The number of aromatic nitrogens is 5. The van der Waals surface area contributed by atoms with Crippen LogP contribution in [-0.4, -0.2) is 30.4 Å². The number of nitrogens with one attached hydrogen (secondary N) is 2. The van der Waals surface area contributed by atoms with Gasteiger partial charge in [-0.1, -0.05) is 30.3 Å². The highest BCUT2D eigenvalue weighted by Crippen LogP contribution is 2.45. The average Bonchev–Trinajstić information content (AvgIpc) is 3.06. The molecule has 3 atom stereocenters. The van der Waals surface area contributed by atoms with Crippen molar-refractivity contribution in [3.8, 4) is 11.3 Å². The van der Waals surface area contributed by atoms with Crippen molar-refractivity contribution in [3.63, 3.8) is 0 Å². The van der Waals surface area contributed by atoms with Gasteiger partial charge >= 0.3 is 0 Å². The van der Waals surface area contributed by atoms with Crippen LogP contribution in [0.3, 0.4) is 0 Å². The molecular formula is C20H25N7. The third kappa shape index (κ3) is 2.96. The fraction of sp³-hybridized carbons (Fsp3) is 0.450. The first-order chi connectivity index (χ1) is 13.2. The first-order valence-corrected chi connectivity index (χ1v) is 9.69. The Bertz CT molecular complexity index is 925. The van der Waals surface area contributed by atoms with Crippen molar-refractivity contribution < 1.29 is 0 Å². The van der Waals surface area contributed by atoms with E-state index in [4.69, 9.17) is 4.98 Å². The van der Waals surface area contributed by atoms with E-state index in [9.17, 15) is 0 Å². The van der Waals surface area contributed by atoms with Crippen molar-refractivity contribution in [1.82, 2.24) is 35.2 Å². The third-order valence-corrected chi connectivity index (χ3v) is 5.68. The highest BCUT2D eigenvalue weighted by Gasteiger charge is 2.39. The molecule has 1 aliphatic carbocycles. The Morgan fingerprint density at radius 2 is 1.93 bits per heavy atom. The van der Waals surface area contributed by atoms with Gasteiger partial charge in [0.15, 0.2) is 0 Å². The number of hydrazine groups is 1. The van der Waals surface area contributed by atoms with Gasteiger partial charge in [-0.05, 0) is 32.1 Å². The Balaban J connectivity index is 1.65. The van der Waals surface area contributed by atoms with Crippen LogP contribution < -0.4 is 10.9 Å². The van der Waals surface area contributed by atoms with E-state index in [-0.39, 0.29) is 12.1 Å². The molecule has 1 saturated heterocycles. The minimum Gasteiger partial charge on any atom is -0.321 e. The smallest absolute Gasteiger partial charge is 0.149 e. The summed E-state index contributed by atoms with van der Waals surface area (Å²) in [5.74, 6) is 1.60. The molecule has 2 fully saturated rings. The fourth-order valence-corrected chi connectivity index (χ4v) is 4.20. The van der Waals surface area contributed by atoms with Gasteiger partial charge in [0, 0.05) is 18.7 Å². The number of benzene rings is 1. The van der Waals surface area contributed by atoms with Crippen molar-refractivity contribution in [1.29, 1.82) is 0 Å². The molecule has 1 saturated carbocycles. The lowest BCUT2D eigenvalue weighted by Gasteiger charge is -2.23. The van der Waals surface area contributed by atoms with Crippen molar-refractivity contribution in [2.45, 2.75) is 44.3 Å². The van der Waals surface area contributed by atoms with Crippen LogP contribution in [0.25, 0.3) is 11.3 Å². The topological polar surface area (TPSA) is 72.6 Å². The first kappa shape index (κ1) is 16.6. The lowest BCUT2D eigenvalue weighted by atomic mass is 10.0. The zero-order valence-electron chi connectivity index (χ0n) is 15.7. The number of hydrogen-bond donors (Lipinski definition) is 2.